The van der Waals surface area contributed by atoms with Crippen molar-refractivity contribution in [3.63, 3.8) is 0 Å². The number of fused-ring (bicyclic) bond motifs is 4. The van der Waals surface area contributed by atoms with E-state index in [4.69, 9.17) is 15.2 Å². The van der Waals surface area contributed by atoms with Crippen molar-refractivity contribution in [2.75, 3.05) is 57.8 Å². The minimum Gasteiger partial charge on any atom is -0.450 e. The zero-order chi connectivity index (χ0) is 28.1. The van der Waals surface area contributed by atoms with Crippen LogP contribution in [-0.4, -0.2) is 78.8 Å². The predicted molar refractivity (Wildman–Crippen MR) is 156 cm³/mol. The van der Waals surface area contributed by atoms with Crippen LogP contribution in [-0.2, 0) is 4.74 Å². The number of morpholine rings is 1. The van der Waals surface area contributed by atoms with E-state index in [2.05, 4.69) is 10.2 Å². The number of aromatic nitrogens is 1. The summed E-state index contributed by atoms with van der Waals surface area (Å²) in [5.74, 6) is -0.202. The van der Waals surface area contributed by atoms with Crippen molar-refractivity contribution >= 4 is 33.3 Å². The van der Waals surface area contributed by atoms with Gasteiger partial charge >= 0.3 is 0 Å². The molecule has 0 saturated carbocycles. The van der Waals surface area contributed by atoms with Crippen LogP contribution in [0.15, 0.2) is 53.5 Å². The molecule has 212 valence electrons. The van der Waals surface area contributed by atoms with E-state index in [9.17, 15) is 9.59 Å². The van der Waals surface area contributed by atoms with Gasteiger partial charge in [0.2, 0.25) is 5.43 Å². The Morgan fingerprint density at radius 2 is 1.90 bits per heavy atom. The summed E-state index contributed by atoms with van der Waals surface area (Å²) < 4.78 is 29.5. The number of hydrogen-bond acceptors (Lipinski definition) is 7. The molecule has 0 radical (unpaired) electrons. The molecule has 3 aromatic carbocycles. The Kier molecular flexibility index (Phi) is 6.61. The standard InChI is InChI=1S/C31H32FN5O4/c32-24-16-22-27-30(26(24)34-9-3-10-35-12-14-40-15-13-35)41-29-21-5-2-1-4-19(21)6-7-25(29)37(27)18-23(28(22)38)31(39)36-11-8-20(33)17-36/h1-2,4-7,16,18,20,34H,3,8-15,17,33H2/t20-/m1/s1. The highest BCUT2D eigenvalue weighted by Gasteiger charge is 2.32. The summed E-state index contributed by atoms with van der Waals surface area (Å²) in [6, 6.07) is 12.8. The molecule has 0 unspecified atom stereocenters. The highest BCUT2D eigenvalue weighted by molar-refractivity contribution is 6.03. The Morgan fingerprint density at radius 1 is 1.07 bits per heavy atom. The molecule has 41 heavy (non-hydrogen) atoms. The second-order valence-corrected chi connectivity index (χ2v) is 11.0. The van der Waals surface area contributed by atoms with Gasteiger partial charge in [-0.1, -0.05) is 30.3 Å². The van der Waals surface area contributed by atoms with Crippen LogP contribution in [0.2, 0.25) is 0 Å². The molecule has 2 saturated heterocycles. The Balaban J connectivity index is 1.34. The maximum atomic E-state index is 15.8. The van der Waals surface area contributed by atoms with Crippen molar-refractivity contribution in [1.82, 2.24) is 14.4 Å². The van der Waals surface area contributed by atoms with Gasteiger partial charge in [0.05, 0.1) is 24.3 Å². The van der Waals surface area contributed by atoms with Crippen molar-refractivity contribution < 1.29 is 18.7 Å². The molecule has 3 aliphatic rings. The molecule has 0 bridgehead atoms. The van der Waals surface area contributed by atoms with Gasteiger partial charge in [-0.15, -0.1) is 0 Å². The number of nitrogens with two attached hydrogens (primary N) is 1. The summed E-state index contributed by atoms with van der Waals surface area (Å²) in [5.41, 5.74) is 6.83. The second kappa shape index (κ2) is 10.4. The lowest BCUT2D eigenvalue weighted by molar-refractivity contribution is 0.0378. The zero-order valence-electron chi connectivity index (χ0n) is 22.7. The topological polar surface area (TPSA) is 102 Å². The van der Waals surface area contributed by atoms with Gasteiger partial charge in [-0.2, -0.15) is 0 Å². The number of amides is 1. The van der Waals surface area contributed by atoms with Gasteiger partial charge in [0, 0.05) is 50.3 Å². The fourth-order valence-electron chi connectivity index (χ4n) is 6.15. The largest absolute Gasteiger partial charge is 0.450 e. The monoisotopic (exact) mass is 557 g/mol. The fraction of sp³-hybridized carbons (Fsp3) is 0.355. The van der Waals surface area contributed by atoms with Crippen LogP contribution >= 0.6 is 0 Å². The molecule has 7 rings (SSSR count). The highest BCUT2D eigenvalue weighted by Crippen LogP contribution is 2.47. The third kappa shape index (κ3) is 4.52. The lowest BCUT2D eigenvalue weighted by atomic mass is 10.0. The number of likely N-dealkylation sites (tertiary alicyclic amines) is 1. The van der Waals surface area contributed by atoms with Crippen LogP contribution in [0.25, 0.3) is 27.4 Å². The maximum absolute atomic E-state index is 15.8. The summed E-state index contributed by atoms with van der Waals surface area (Å²) in [5, 5.41) is 5.16. The van der Waals surface area contributed by atoms with Gasteiger partial charge in [-0.25, -0.2) is 4.39 Å². The number of pyridine rings is 1. The van der Waals surface area contributed by atoms with E-state index in [1.807, 2.05) is 36.4 Å². The Labute approximate surface area is 236 Å². The Hall–Kier alpha value is -3.99. The molecular weight excluding hydrogens is 525 g/mol. The number of carbonyl (C=O) groups excluding carboxylic acids is 1. The normalized spacial score (nSPS) is 18.5. The third-order valence-corrected chi connectivity index (χ3v) is 8.32. The smallest absolute Gasteiger partial charge is 0.259 e. The lowest BCUT2D eigenvalue weighted by Crippen LogP contribution is -2.37. The molecule has 2 fully saturated rings. The molecule has 0 spiro atoms. The first-order valence-electron chi connectivity index (χ1n) is 14.2. The van der Waals surface area contributed by atoms with Crippen molar-refractivity contribution in [2.45, 2.75) is 18.9 Å². The zero-order valence-corrected chi connectivity index (χ0v) is 22.7. The first-order valence-corrected chi connectivity index (χ1v) is 14.2. The van der Waals surface area contributed by atoms with Gasteiger partial charge < -0.3 is 30.0 Å². The third-order valence-electron chi connectivity index (χ3n) is 8.32. The molecule has 1 aromatic heterocycles. The molecule has 10 heteroatoms. The van der Waals surface area contributed by atoms with E-state index in [0.717, 1.165) is 50.0 Å². The summed E-state index contributed by atoms with van der Waals surface area (Å²) in [4.78, 5) is 31.2. The average Bonchev–Trinajstić information content (AvgIpc) is 3.44. The minimum absolute atomic E-state index is 0.0100. The van der Waals surface area contributed by atoms with Crippen molar-refractivity contribution in [1.29, 1.82) is 0 Å². The summed E-state index contributed by atoms with van der Waals surface area (Å²) in [6.45, 7) is 5.48. The molecule has 0 aliphatic carbocycles. The number of hydrogen-bond donors (Lipinski definition) is 2. The second-order valence-electron chi connectivity index (χ2n) is 11.0. The summed E-state index contributed by atoms with van der Waals surface area (Å²) in [7, 11) is 0. The van der Waals surface area contributed by atoms with Crippen LogP contribution in [0.3, 0.4) is 0 Å². The van der Waals surface area contributed by atoms with Crippen molar-refractivity contribution in [3.05, 3.63) is 70.3 Å². The molecule has 9 nitrogen and oxygen atoms in total. The van der Waals surface area contributed by atoms with E-state index in [1.165, 1.54) is 6.07 Å². The summed E-state index contributed by atoms with van der Waals surface area (Å²) in [6.07, 6.45) is 3.06. The Bertz CT molecular complexity index is 1730. The van der Waals surface area contributed by atoms with Gasteiger partial charge in [0.15, 0.2) is 17.3 Å². The quantitative estimate of drug-likeness (QED) is 0.307. The number of rotatable bonds is 6. The van der Waals surface area contributed by atoms with E-state index in [-0.39, 0.29) is 28.4 Å². The number of halogens is 1. The van der Waals surface area contributed by atoms with Crippen molar-refractivity contribution in [2.24, 2.45) is 5.73 Å². The van der Waals surface area contributed by atoms with Gasteiger partial charge in [0.25, 0.3) is 5.91 Å². The van der Waals surface area contributed by atoms with Gasteiger partial charge in [-0.05, 0) is 36.9 Å². The van der Waals surface area contributed by atoms with E-state index >= 15 is 4.39 Å². The number of anilines is 1. The fourth-order valence-corrected chi connectivity index (χ4v) is 6.15. The minimum atomic E-state index is -0.598. The number of benzene rings is 3. The van der Waals surface area contributed by atoms with Crippen molar-refractivity contribution in [3.8, 4) is 17.2 Å². The molecule has 4 heterocycles. The molecule has 3 aliphatic heterocycles. The number of nitrogens with zero attached hydrogens (tertiary/aromatic N) is 3. The lowest BCUT2D eigenvalue weighted by Gasteiger charge is -2.28. The maximum Gasteiger partial charge on any atom is 0.259 e. The van der Waals surface area contributed by atoms with Gasteiger partial charge in [0.1, 0.15) is 16.8 Å². The van der Waals surface area contributed by atoms with E-state index in [0.29, 0.717) is 43.0 Å². The van der Waals surface area contributed by atoms with E-state index in [1.54, 1.807) is 15.7 Å². The van der Waals surface area contributed by atoms with Gasteiger partial charge in [-0.3, -0.25) is 14.5 Å². The van der Waals surface area contributed by atoms with Crippen LogP contribution < -0.4 is 21.2 Å². The predicted octanol–water partition coefficient (Wildman–Crippen LogP) is 3.70. The first kappa shape index (κ1) is 25.9. The van der Waals surface area contributed by atoms with Crippen LogP contribution in [0.1, 0.15) is 23.2 Å². The molecule has 3 N–H and O–H groups in total. The first-order chi connectivity index (χ1) is 20.0. The highest BCUT2D eigenvalue weighted by atomic mass is 19.1. The summed E-state index contributed by atoms with van der Waals surface area (Å²) >= 11 is 0. The number of carbonyl (C=O) groups is 1. The van der Waals surface area contributed by atoms with E-state index < -0.39 is 17.2 Å². The molecule has 1 atom stereocenters. The average molecular weight is 558 g/mol. The molecular formula is C31H32FN5O4. The van der Waals surface area contributed by atoms with Crippen LogP contribution in [0.5, 0.6) is 11.5 Å². The Morgan fingerprint density at radius 3 is 2.71 bits per heavy atom. The number of ether oxygens (including phenoxy) is 2. The van der Waals surface area contributed by atoms with Crippen LogP contribution in [0.4, 0.5) is 10.1 Å². The SMILES string of the molecule is N[C@@H]1CCN(C(=O)c2cn3c4c(c(NCCCN5CCOCC5)c(F)cc4c2=O)Oc2c-3ccc3ccccc23)C1. The number of nitrogens with one attached hydrogen (secondary N) is 1. The van der Waals surface area contributed by atoms with Crippen LogP contribution in [0, 0.1) is 5.82 Å². The molecule has 1 amide bonds. The molecule has 4 aromatic rings.